The third-order valence-electron chi connectivity index (χ3n) is 3.84. The van der Waals surface area contributed by atoms with Crippen LogP contribution in [0.5, 0.6) is 5.75 Å². The Bertz CT molecular complexity index is 456. The summed E-state index contributed by atoms with van der Waals surface area (Å²) in [6, 6.07) is 5.34. The standard InChI is InChI=1S/C15H21NO2/c1-11(17)13-5-4-12(10-14(13)18)16-8-6-15(2,3)7-9-16/h4-5,10,18H,6-9H2,1-3H3. The van der Waals surface area contributed by atoms with E-state index in [1.54, 1.807) is 12.1 Å². The molecule has 1 saturated heterocycles. The number of nitrogens with zero attached hydrogens (tertiary/aromatic N) is 1. The van der Waals surface area contributed by atoms with Crippen LogP contribution in [0.25, 0.3) is 0 Å². The second kappa shape index (κ2) is 4.63. The molecule has 2 rings (SSSR count). The molecule has 0 unspecified atom stereocenters. The maximum Gasteiger partial charge on any atom is 0.163 e. The van der Waals surface area contributed by atoms with Crippen LogP contribution in [-0.2, 0) is 0 Å². The first-order valence-electron chi connectivity index (χ1n) is 6.48. The zero-order valence-corrected chi connectivity index (χ0v) is 11.4. The predicted octanol–water partition coefficient (Wildman–Crippen LogP) is 3.22. The van der Waals surface area contributed by atoms with Crippen LogP contribution in [0.15, 0.2) is 18.2 Å². The number of aromatic hydroxyl groups is 1. The summed E-state index contributed by atoms with van der Waals surface area (Å²) in [5.74, 6) is -0.0105. The highest BCUT2D eigenvalue weighted by Crippen LogP contribution is 2.33. The Labute approximate surface area is 108 Å². The van der Waals surface area contributed by atoms with Crippen molar-refractivity contribution >= 4 is 11.5 Å². The number of hydrogen-bond donors (Lipinski definition) is 1. The summed E-state index contributed by atoms with van der Waals surface area (Å²) in [7, 11) is 0. The van der Waals surface area contributed by atoms with E-state index in [1.165, 1.54) is 6.92 Å². The molecule has 0 saturated carbocycles. The maximum absolute atomic E-state index is 11.3. The van der Waals surface area contributed by atoms with Gasteiger partial charge in [0, 0.05) is 24.8 Å². The Hall–Kier alpha value is -1.51. The van der Waals surface area contributed by atoms with Crippen molar-refractivity contribution in [1.82, 2.24) is 0 Å². The van der Waals surface area contributed by atoms with Crippen LogP contribution in [-0.4, -0.2) is 24.0 Å². The van der Waals surface area contributed by atoms with Gasteiger partial charge in [-0.15, -0.1) is 0 Å². The van der Waals surface area contributed by atoms with E-state index in [4.69, 9.17) is 0 Å². The largest absolute Gasteiger partial charge is 0.507 e. The number of benzene rings is 1. The van der Waals surface area contributed by atoms with Crippen molar-refractivity contribution in [2.75, 3.05) is 18.0 Å². The Kier molecular flexibility index (Phi) is 3.33. The molecule has 0 atom stereocenters. The van der Waals surface area contributed by atoms with Gasteiger partial charge in [-0.2, -0.15) is 0 Å². The molecule has 1 aliphatic rings. The topological polar surface area (TPSA) is 40.5 Å². The monoisotopic (exact) mass is 247 g/mol. The quantitative estimate of drug-likeness (QED) is 0.816. The lowest BCUT2D eigenvalue weighted by Gasteiger charge is -2.38. The third-order valence-corrected chi connectivity index (χ3v) is 3.84. The van der Waals surface area contributed by atoms with E-state index in [0.717, 1.165) is 31.6 Å². The molecule has 1 heterocycles. The summed E-state index contributed by atoms with van der Waals surface area (Å²) < 4.78 is 0. The Morgan fingerprint density at radius 2 is 1.89 bits per heavy atom. The molecule has 1 aromatic rings. The highest BCUT2D eigenvalue weighted by atomic mass is 16.3. The summed E-state index contributed by atoms with van der Waals surface area (Å²) in [6.45, 7) is 8.07. The zero-order chi connectivity index (χ0) is 13.3. The summed E-state index contributed by atoms with van der Waals surface area (Å²) in [6.07, 6.45) is 2.31. The molecule has 0 amide bonds. The Balaban J connectivity index is 2.16. The number of carbonyl (C=O) groups excluding carboxylic acids is 1. The normalized spacial score (nSPS) is 18.7. The fourth-order valence-corrected chi connectivity index (χ4v) is 2.38. The van der Waals surface area contributed by atoms with Crippen LogP contribution < -0.4 is 4.90 Å². The lowest BCUT2D eigenvalue weighted by atomic mass is 9.82. The molecule has 1 fully saturated rings. The molecular formula is C15H21NO2. The average Bonchev–Trinajstić information content (AvgIpc) is 2.28. The molecule has 0 bridgehead atoms. The van der Waals surface area contributed by atoms with Crippen LogP contribution in [0.2, 0.25) is 0 Å². The number of Topliss-reactive ketones (excluding diaryl/α,β-unsaturated/α-hetero) is 1. The van der Waals surface area contributed by atoms with Gasteiger partial charge >= 0.3 is 0 Å². The number of piperidine rings is 1. The van der Waals surface area contributed by atoms with Crippen LogP contribution in [0, 0.1) is 5.41 Å². The fraction of sp³-hybridized carbons (Fsp3) is 0.533. The first kappa shape index (κ1) is 12.9. The van der Waals surface area contributed by atoms with Gasteiger partial charge < -0.3 is 10.0 Å². The number of ketones is 1. The van der Waals surface area contributed by atoms with Gasteiger partial charge in [0.2, 0.25) is 0 Å². The van der Waals surface area contributed by atoms with Crippen LogP contribution >= 0.6 is 0 Å². The van der Waals surface area contributed by atoms with Gasteiger partial charge in [-0.25, -0.2) is 0 Å². The van der Waals surface area contributed by atoms with Gasteiger partial charge in [-0.1, -0.05) is 13.8 Å². The van der Waals surface area contributed by atoms with Crippen molar-refractivity contribution in [1.29, 1.82) is 0 Å². The minimum absolute atomic E-state index is 0.0878. The number of phenols is 1. The van der Waals surface area contributed by atoms with Crippen molar-refractivity contribution in [2.24, 2.45) is 5.41 Å². The minimum Gasteiger partial charge on any atom is -0.507 e. The number of phenolic OH excluding ortho intramolecular Hbond substituents is 1. The van der Waals surface area contributed by atoms with E-state index in [-0.39, 0.29) is 11.5 Å². The second-order valence-corrected chi connectivity index (χ2v) is 5.91. The van der Waals surface area contributed by atoms with Gasteiger partial charge in [-0.3, -0.25) is 4.79 Å². The molecule has 3 nitrogen and oxygen atoms in total. The maximum atomic E-state index is 11.3. The highest BCUT2D eigenvalue weighted by Gasteiger charge is 2.25. The summed E-state index contributed by atoms with van der Waals surface area (Å²) in [4.78, 5) is 13.5. The number of rotatable bonds is 2. The summed E-state index contributed by atoms with van der Waals surface area (Å²) in [5, 5.41) is 9.85. The molecule has 3 heteroatoms. The predicted molar refractivity (Wildman–Crippen MR) is 73.3 cm³/mol. The molecule has 1 aromatic carbocycles. The van der Waals surface area contributed by atoms with E-state index in [2.05, 4.69) is 18.7 Å². The first-order valence-corrected chi connectivity index (χ1v) is 6.48. The zero-order valence-electron chi connectivity index (χ0n) is 11.4. The lowest BCUT2D eigenvalue weighted by molar-refractivity contribution is 0.101. The third kappa shape index (κ3) is 2.66. The van der Waals surface area contributed by atoms with Crippen molar-refractivity contribution < 1.29 is 9.90 Å². The van der Waals surface area contributed by atoms with Crippen LogP contribution in [0.4, 0.5) is 5.69 Å². The number of anilines is 1. The fourth-order valence-electron chi connectivity index (χ4n) is 2.38. The average molecular weight is 247 g/mol. The molecule has 0 radical (unpaired) electrons. The Morgan fingerprint density at radius 1 is 1.28 bits per heavy atom. The van der Waals surface area contributed by atoms with Gasteiger partial charge in [0.15, 0.2) is 5.78 Å². The molecular weight excluding hydrogens is 226 g/mol. The molecule has 0 aliphatic carbocycles. The second-order valence-electron chi connectivity index (χ2n) is 5.91. The van der Waals surface area contributed by atoms with E-state index in [9.17, 15) is 9.90 Å². The van der Waals surface area contributed by atoms with Crippen molar-refractivity contribution in [2.45, 2.75) is 33.6 Å². The van der Waals surface area contributed by atoms with Crippen molar-refractivity contribution in [3.8, 4) is 5.75 Å². The molecule has 1 N–H and O–H groups in total. The van der Waals surface area contributed by atoms with Gasteiger partial charge in [-0.05, 0) is 37.3 Å². The van der Waals surface area contributed by atoms with Gasteiger partial charge in [0.05, 0.1) is 5.56 Å². The van der Waals surface area contributed by atoms with E-state index in [0.29, 0.717) is 11.0 Å². The molecule has 98 valence electrons. The Morgan fingerprint density at radius 3 is 2.39 bits per heavy atom. The van der Waals surface area contributed by atoms with Crippen LogP contribution in [0.3, 0.4) is 0 Å². The lowest BCUT2D eigenvalue weighted by Crippen LogP contribution is -2.37. The minimum atomic E-state index is -0.0983. The molecule has 18 heavy (non-hydrogen) atoms. The number of carbonyl (C=O) groups is 1. The van der Waals surface area contributed by atoms with E-state index in [1.807, 2.05) is 6.07 Å². The molecule has 0 aromatic heterocycles. The summed E-state index contributed by atoms with van der Waals surface area (Å²) >= 11 is 0. The number of hydrogen-bond acceptors (Lipinski definition) is 3. The molecule has 0 spiro atoms. The van der Waals surface area contributed by atoms with Crippen molar-refractivity contribution in [3.63, 3.8) is 0 Å². The van der Waals surface area contributed by atoms with E-state index >= 15 is 0 Å². The smallest absolute Gasteiger partial charge is 0.163 e. The van der Waals surface area contributed by atoms with Gasteiger partial charge in [0.1, 0.15) is 5.75 Å². The first-order chi connectivity index (χ1) is 8.39. The van der Waals surface area contributed by atoms with Crippen molar-refractivity contribution in [3.05, 3.63) is 23.8 Å². The van der Waals surface area contributed by atoms with Gasteiger partial charge in [0.25, 0.3) is 0 Å². The highest BCUT2D eigenvalue weighted by molar-refractivity contribution is 5.97. The summed E-state index contributed by atoms with van der Waals surface area (Å²) in [5.41, 5.74) is 1.82. The SMILES string of the molecule is CC(=O)c1ccc(N2CCC(C)(C)CC2)cc1O. The van der Waals surface area contributed by atoms with E-state index < -0.39 is 0 Å². The van der Waals surface area contributed by atoms with Crippen LogP contribution in [0.1, 0.15) is 44.0 Å². The molecule has 1 aliphatic heterocycles.